The molecule has 33 heavy (non-hydrogen) atoms. The van der Waals surface area contributed by atoms with Crippen molar-refractivity contribution < 1.29 is 33.8 Å². The number of carboxylic acids is 1. The molecule has 0 spiro atoms. The summed E-state index contributed by atoms with van der Waals surface area (Å²) < 4.78 is 9.84. The van der Waals surface area contributed by atoms with Crippen molar-refractivity contribution in [2.45, 2.75) is 31.2 Å². The zero-order chi connectivity index (χ0) is 23.8. The molecule has 9 heteroatoms. The van der Waals surface area contributed by atoms with E-state index in [0.29, 0.717) is 0 Å². The summed E-state index contributed by atoms with van der Waals surface area (Å²) >= 11 is 0. The molecular weight excluding hydrogens is 428 g/mol. The molecule has 3 rings (SSSR count). The molecule has 1 atom stereocenters. The number of aliphatic carboxylic acids is 1. The van der Waals surface area contributed by atoms with E-state index >= 15 is 0 Å². The number of carbonyl (C=O) groups is 4. The third kappa shape index (κ3) is 6.09. The van der Waals surface area contributed by atoms with Gasteiger partial charge in [0.05, 0.1) is 13.5 Å². The fraction of sp³-hybridized carbons (Fsp3) is 0.333. The zero-order valence-electron chi connectivity index (χ0n) is 18.2. The van der Waals surface area contributed by atoms with Crippen molar-refractivity contribution >= 4 is 23.9 Å². The number of ether oxygens (including phenoxy) is 2. The Bertz CT molecular complexity index is 991. The van der Waals surface area contributed by atoms with Crippen molar-refractivity contribution in [3.8, 4) is 11.1 Å². The third-order valence-corrected chi connectivity index (χ3v) is 5.43. The third-order valence-electron chi connectivity index (χ3n) is 5.43. The van der Waals surface area contributed by atoms with E-state index in [4.69, 9.17) is 9.84 Å². The van der Waals surface area contributed by atoms with Gasteiger partial charge in [-0.05, 0) is 28.7 Å². The van der Waals surface area contributed by atoms with Gasteiger partial charge in [0.1, 0.15) is 12.6 Å². The lowest BCUT2D eigenvalue weighted by molar-refractivity contribution is -0.148. The lowest BCUT2D eigenvalue weighted by Crippen LogP contribution is -2.42. The highest BCUT2D eigenvalue weighted by Crippen LogP contribution is 2.44. The molecule has 0 fully saturated rings. The molecule has 0 bridgehead atoms. The van der Waals surface area contributed by atoms with E-state index in [1.807, 2.05) is 36.4 Å². The van der Waals surface area contributed by atoms with Gasteiger partial charge in [-0.2, -0.15) is 0 Å². The first-order chi connectivity index (χ1) is 15.9. The second kappa shape index (κ2) is 11.1. The molecule has 1 aliphatic rings. The summed E-state index contributed by atoms with van der Waals surface area (Å²) in [4.78, 5) is 46.4. The number of esters is 1. The summed E-state index contributed by atoms with van der Waals surface area (Å²) in [5.41, 5.74) is 4.51. The molecule has 1 aliphatic carbocycles. The molecule has 2 amide bonds. The Hall–Kier alpha value is -3.88. The standard InChI is InChI=1S/C24H26N2O7/c1-32-22(28)13-20(23(29)30)26-21(27)11-6-12-25-24(31)33-14-19-17-9-4-2-7-15(17)16-8-3-5-10-18(16)19/h2-5,7-10,19-20H,6,11-14H2,1H3,(H,25,31)(H,26,27)(H,29,30)/t20-/m0/s1. The lowest BCUT2D eigenvalue weighted by Gasteiger charge is -2.15. The molecule has 3 N–H and O–H groups in total. The maximum Gasteiger partial charge on any atom is 0.407 e. The van der Waals surface area contributed by atoms with Crippen LogP contribution in [-0.2, 0) is 23.9 Å². The molecule has 174 valence electrons. The number of nitrogens with one attached hydrogen (secondary N) is 2. The number of benzene rings is 2. The molecule has 2 aromatic carbocycles. The molecule has 0 aromatic heterocycles. The molecule has 9 nitrogen and oxygen atoms in total. The van der Waals surface area contributed by atoms with Crippen LogP contribution in [0.15, 0.2) is 48.5 Å². The van der Waals surface area contributed by atoms with Crippen molar-refractivity contribution in [3.63, 3.8) is 0 Å². The van der Waals surface area contributed by atoms with Crippen LogP contribution in [0.5, 0.6) is 0 Å². The molecule has 0 saturated heterocycles. The summed E-state index contributed by atoms with van der Waals surface area (Å²) in [6, 6.07) is 14.7. The zero-order valence-corrected chi connectivity index (χ0v) is 18.2. The van der Waals surface area contributed by atoms with Crippen molar-refractivity contribution in [1.29, 1.82) is 0 Å². The summed E-state index contributed by atoms with van der Waals surface area (Å²) in [6.45, 7) is 0.368. The summed E-state index contributed by atoms with van der Waals surface area (Å²) in [5.74, 6) is -2.65. The predicted octanol–water partition coefficient (Wildman–Crippen LogP) is 2.44. The van der Waals surface area contributed by atoms with E-state index in [1.54, 1.807) is 0 Å². The summed E-state index contributed by atoms with van der Waals surface area (Å²) in [7, 11) is 1.14. The SMILES string of the molecule is COC(=O)C[C@H](NC(=O)CCCNC(=O)OCC1c2ccccc2-c2ccccc21)C(=O)O. The maximum atomic E-state index is 12.1. The molecule has 0 radical (unpaired) electrons. The second-order valence-electron chi connectivity index (χ2n) is 7.59. The van der Waals surface area contributed by atoms with Crippen LogP contribution in [0.2, 0.25) is 0 Å². The number of carboxylic acid groups (broad SMARTS) is 1. The van der Waals surface area contributed by atoms with Crippen LogP contribution >= 0.6 is 0 Å². The van der Waals surface area contributed by atoms with E-state index in [-0.39, 0.29) is 31.9 Å². The number of rotatable bonds is 10. The topological polar surface area (TPSA) is 131 Å². The molecule has 2 aromatic rings. The Kier molecular flexibility index (Phi) is 8.01. The van der Waals surface area contributed by atoms with Crippen molar-refractivity contribution in [2.24, 2.45) is 0 Å². The van der Waals surface area contributed by atoms with Crippen LogP contribution in [0.4, 0.5) is 4.79 Å². The number of alkyl carbamates (subject to hydrolysis) is 1. The first-order valence-electron chi connectivity index (χ1n) is 10.6. The van der Waals surface area contributed by atoms with Gasteiger partial charge < -0.3 is 25.2 Å². The highest BCUT2D eigenvalue weighted by Gasteiger charge is 2.29. The van der Waals surface area contributed by atoms with Gasteiger partial charge in [-0.1, -0.05) is 48.5 Å². The minimum Gasteiger partial charge on any atom is -0.480 e. The molecular formula is C24H26N2O7. The van der Waals surface area contributed by atoms with Gasteiger partial charge in [-0.3, -0.25) is 9.59 Å². The van der Waals surface area contributed by atoms with Crippen LogP contribution < -0.4 is 10.6 Å². The van der Waals surface area contributed by atoms with Gasteiger partial charge in [0.15, 0.2) is 0 Å². The van der Waals surface area contributed by atoms with Gasteiger partial charge in [0.25, 0.3) is 0 Å². The van der Waals surface area contributed by atoms with Gasteiger partial charge >= 0.3 is 18.0 Å². The van der Waals surface area contributed by atoms with E-state index in [0.717, 1.165) is 29.4 Å². The number of methoxy groups -OCH3 is 1. The highest BCUT2D eigenvalue weighted by atomic mass is 16.5. The lowest BCUT2D eigenvalue weighted by atomic mass is 9.98. The molecule has 0 unspecified atom stereocenters. The van der Waals surface area contributed by atoms with Crippen LogP contribution in [0.1, 0.15) is 36.3 Å². The van der Waals surface area contributed by atoms with Gasteiger partial charge in [-0.15, -0.1) is 0 Å². The number of hydrogen-bond acceptors (Lipinski definition) is 6. The summed E-state index contributed by atoms with van der Waals surface area (Å²) in [6.07, 6.45) is -0.795. The largest absolute Gasteiger partial charge is 0.480 e. The Morgan fingerprint density at radius 3 is 2.18 bits per heavy atom. The molecule has 0 heterocycles. The van der Waals surface area contributed by atoms with E-state index in [9.17, 15) is 19.2 Å². The Balaban J connectivity index is 1.41. The molecule has 0 aliphatic heterocycles. The first-order valence-corrected chi connectivity index (χ1v) is 10.6. The first kappa shape index (κ1) is 23.8. The second-order valence-corrected chi connectivity index (χ2v) is 7.59. The average Bonchev–Trinajstić information content (AvgIpc) is 3.13. The number of carbonyl (C=O) groups excluding carboxylic acids is 3. The Morgan fingerprint density at radius 1 is 1.00 bits per heavy atom. The van der Waals surface area contributed by atoms with Gasteiger partial charge in [0, 0.05) is 18.9 Å². The Labute approximate surface area is 191 Å². The fourth-order valence-electron chi connectivity index (χ4n) is 3.81. The number of amides is 2. The molecule has 0 saturated carbocycles. The van der Waals surface area contributed by atoms with Crippen LogP contribution in [0.25, 0.3) is 11.1 Å². The van der Waals surface area contributed by atoms with Gasteiger partial charge in [0.2, 0.25) is 5.91 Å². The number of fused-ring (bicyclic) bond motifs is 3. The Morgan fingerprint density at radius 2 is 1.61 bits per heavy atom. The smallest absolute Gasteiger partial charge is 0.407 e. The highest BCUT2D eigenvalue weighted by molar-refractivity contribution is 5.87. The van der Waals surface area contributed by atoms with E-state index in [1.165, 1.54) is 0 Å². The average molecular weight is 454 g/mol. The van der Waals surface area contributed by atoms with E-state index < -0.39 is 36.4 Å². The monoisotopic (exact) mass is 454 g/mol. The van der Waals surface area contributed by atoms with Crippen LogP contribution in [0, 0.1) is 0 Å². The number of hydrogen-bond donors (Lipinski definition) is 3. The van der Waals surface area contributed by atoms with Crippen molar-refractivity contribution in [3.05, 3.63) is 59.7 Å². The maximum absolute atomic E-state index is 12.1. The predicted molar refractivity (Wildman–Crippen MR) is 119 cm³/mol. The summed E-state index contributed by atoms with van der Waals surface area (Å²) in [5, 5.41) is 13.9. The minimum atomic E-state index is -1.36. The van der Waals surface area contributed by atoms with Gasteiger partial charge in [-0.25, -0.2) is 9.59 Å². The normalized spacial score (nSPS) is 12.8. The quantitative estimate of drug-likeness (QED) is 0.371. The minimum absolute atomic E-state index is 0.0192. The van der Waals surface area contributed by atoms with Crippen molar-refractivity contribution in [1.82, 2.24) is 10.6 Å². The van der Waals surface area contributed by atoms with Crippen LogP contribution in [0.3, 0.4) is 0 Å². The fourth-order valence-corrected chi connectivity index (χ4v) is 3.81. The van der Waals surface area contributed by atoms with Crippen molar-refractivity contribution in [2.75, 3.05) is 20.3 Å². The van der Waals surface area contributed by atoms with Crippen LogP contribution in [-0.4, -0.2) is 55.3 Å². The van der Waals surface area contributed by atoms with E-state index in [2.05, 4.69) is 27.5 Å².